The fourth-order valence-corrected chi connectivity index (χ4v) is 2.82. The van der Waals surface area contributed by atoms with Gasteiger partial charge in [0.1, 0.15) is 6.10 Å². The highest BCUT2D eigenvalue weighted by molar-refractivity contribution is 6.31. The van der Waals surface area contributed by atoms with Crippen molar-refractivity contribution in [2.75, 3.05) is 0 Å². The Morgan fingerprint density at radius 3 is 2.46 bits per heavy atom. The normalized spacial score (nSPS) is 12.1. The van der Waals surface area contributed by atoms with Crippen LogP contribution in [0.15, 0.2) is 53.3 Å². The van der Waals surface area contributed by atoms with Gasteiger partial charge >= 0.3 is 5.97 Å². The molecule has 0 radical (unpaired) electrons. The van der Waals surface area contributed by atoms with E-state index in [1.807, 2.05) is 12.1 Å². The van der Waals surface area contributed by atoms with Crippen molar-refractivity contribution in [2.45, 2.75) is 13.0 Å². The summed E-state index contributed by atoms with van der Waals surface area (Å²) in [6.07, 6.45) is -0.538. The third-order valence-electron chi connectivity index (χ3n) is 3.78. The number of esters is 1. The van der Waals surface area contributed by atoms with Crippen LogP contribution >= 0.6 is 11.6 Å². The van der Waals surface area contributed by atoms with Gasteiger partial charge in [0.15, 0.2) is 5.69 Å². The predicted molar refractivity (Wildman–Crippen MR) is 92.3 cm³/mol. The average Bonchev–Trinajstić information content (AvgIpc) is 2.58. The molecule has 3 aromatic rings. The number of benzene rings is 2. The minimum absolute atomic E-state index is 0.103. The number of fused-ring (bicyclic) bond motifs is 1. The summed E-state index contributed by atoms with van der Waals surface area (Å²) in [5.74, 6) is -0.603. The monoisotopic (exact) mass is 342 g/mol. The second-order valence-corrected chi connectivity index (χ2v) is 5.80. The fourth-order valence-electron chi connectivity index (χ4n) is 2.54. The highest BCUT2D eigenvalue weighted by Gasteiger charge is 2.20. The number of ether oxygens (including phenoxy) is 1. The number of aryl methyl sites for hydroxylation is 1. The van der Waals surface area contributed by atoms with Gasteiger partial charge in [-0.25, -0.2) is 9.48 Å². The lowest BCUT2D eigenvalue weighted by Crippen LogP contribution is -2.24. The molecule has 1 aromatic heterocycles. The van der Waals surface area contributed by atoms with Crippen LogP contribution in [0.2, 0.25) is 5.02 Å². The molecular formula is C18H15ClN2O3. The Balaban J connectivity index is 1.99. The zero-order chi connectivity index (χ0) is 17.3. The second kappa shape index (κ2) is 6.45. The molecule has 0 unspecified atom stereocenters. The van der Waals surface area contributed by atoms with E-state index in [1.165, 1.54) is 7.05 Å². The Morgan fingerprint density at radius 1 is 1.12 bits per heavy atom. The summed E-state index contributed by atoms with van der Waals surface area (Å²) >= 11 is 6.14. The molecule has 0 fully saturated rings. The van der Waals surface area contributed by atoms with E-state index in [0.29, 0.717) is 21.4 Å². The molecule has 0 bridgehead atoms. The maximum absolute atomic E-state index is 12.6. The van der Waals surface area contributed by atoms with Crippen LogP contribution in [0.25, 0.3) is 10.8 Å². The molecule has 5 nitrogen and oxygen atoms in total. The van der Waals surface area contributed by atoms with Gasteiger partial charge in [-0.05, 0) is 19.1 Å². The molecule has 1 heterocycles. The molecule has 0 N–H and O–H groups in total. The summed E-state index contributed by atoms with van der Waals surface area (Å²) < 4.78 is 6.64. The minimum atomic E-state index is -0.603. The van der Waals surface area contributed by atoms with Crippen molar-refractivity contribution < 1.29 is 9.53 Å². The molecule has 24 heavy (non-hydrogen) atoms. The Kier molecular flexibility index (Phi) is 4.36. The van der Waals surface area contributed by atoms with Gasteiger partial charge in [0.25, 0.3) is 5.56 Å². The number of carbonyl (C=O) groups is 1. The molecule has 6 heteroatoms. The smallest absolute Gasteiger partial charge is 0.360 e. The lowest BCUT2D eigenvalue weighted by Gasteiger charge is -2.15. The molecule has 2 aromatic carbocycles. The molecule has 1 atom stereocenters. The van der Waals surface area contributed by atoms with E-state index in [2.05, 4.69) is 5.10 Å². The zero-order valence-corrected chi connectivity index (χ0v) is 13.9. The largest absolute Gasteiger partial charge is 0.453 e. The summed E-state index contributed by atoms with van der Waals surface area (Å²) in [4.78, 5) is 24.7. The first-order chi connectivity index (χ1) is 11.5. The Hall–Kier alpha value is -2.66. The van der Waals surface area contributed by atoms with Crippen molar-refractivity contribution >= 4 is 28.3 Å². The summed E-state index contributed by atoms with van der Waals surface area (Å²) in [5, 5.41) is 5.48. The van der Waals surface area contributed by atoms with Crippen molar-refractivity contribution in [2.24, 2.45) is 7.05 Å². The van der Waals surface area contributed by atoms with Gasteiger partial charge in [-0.1, -0.05) is 48.0 Å². The zero-order valence-electron chi connectivity index (χ0n) is 13.2. The van der Waals surface area contributed by atoms with Crippen molar-refractivity contribution in [1.82, 2.24) is 9.78 Å². The predicted octanol–water partition coefficient (Wildman–Crippen LogP) is 3.50. The number of halogens is 1. The summed E-state index contributed by atoms with van der Waals surface area (Å²) in [7, 11) is 1.50. The molecule has 0 aliphatic rings. The van der Waals surface area contributed by atoms with E-state index in [-0.39, 0.29) is 11.3 Å². The van der Waals surface area contributed by atoms with E-state index in [0.717, 1.165) is 4.68 Å². The number of hydrogen-bond acceptors (Lipinski definition) is 4. The third-order valence-corrected chi connectivity index (χ3v) is 4.12. The van der Waals surface area contributed by atoms with Crippen LogP contribution in [0.1, 0.15) is 29.1 Å². The Labute approximate surface area is 143 Å². The van der Waals surface area contributed by atoms with Crippen LogP contribution in [-0.4, -0.2) is 15.7 Å². The van der Waals surface area contributed by atoms with Crippen LogP contribution < -0.4 is 5.56 Å². The first kappa shape index (κ1) is 16.2. The Bertz CT molecular complexity index is 981. The number of hydrogen-bond donors (Lipinski definition) is 0. The van der Waals surface area contributed by atoms with Gasteiger partial charge in [0, 0.05) is 23.0 Å². The first-order valence-corrected chi connectivity index (χ1v) is 7.78. The molecule has 0 saturated carbocycles. The molecule has 0 aliphatic heterocycles. The molecule has 0 amide bonds. The van der Waals surface area contributed by atoms with Crippen LogP contribution in [0.4, 0.5) is 0 Å². The highest BCUT2D eigenvalue weighted by atomic mass is 35.5. The molecule has 0 aliphatic carbocycles. The maximum atomic E-state index is 12.6. The van der Waals surface area contributed by atoms with Crippen molar-refractivity contribution in [1.29, 1.82) is 0 Å². The highest BCUT2D eigenvalue weighted by Crippen LogP contribution is 2.26. The number of carbonyl (C=O) groups excluding carboxylic acids is 1. The Morgan fingerprint density at radius 2 is 1.75 bits per heavy atom. The van der Waals surface area contributed by atoms with Crippen LogP contribution in [-0.2, 0) is 11.8 Å². The van der Waals surface area contributed by atoms with Crippen LogP contribution in [0.3, 0.4) is 0 Å². The summed E-state index contributed by atoms with van der Waals surface area (Å²) in [6, 6.07) is 14.0. The topological polar surface area (TPSA) is 61.2 Å². The second-order valence-electron chi connectivity index (χ2n) is 5.39. The average molecular weight is 343 g/mol. The van der Waals surface area contributed by atoms with E-state index < -0.39 is 12.1 Å². The van der Waals surface area contributed by atoms with Crippen LogP contribution in [0, 0.1) is 0 Å². The summed E-state index contributed by atoms with van der Waals surface area (Å²) in [5.41, 5.74) is 0.551. The van der Waals surface area contributed by atoms with Gasteiger partial charge in [-0.15, -0.1) is 0 Å². The quantitative estimate of drug-likeness (QED) is 0.683. The fraction of sp³-hybridized carbons (Fsp3) is 0.167. The van der Waals surface area contributed by atoms with Crippen molar-refractivity contribution in [3.05, 3.63) is 75.2 Å². The molecule has 122 valence electrons. The molecular weight excluding hydrogens is 328 g/mol. The molecule has 0 spiro atoms. The SMILES string of the molecule is C[C@@H](OC(=O)c1nn(C)c(=O)c2ccccc12)c1ccccc1Cl. The lowest BCUT2D eigenvalue weighted by atomic mass is 10.1. The van der Waals surface area contributed by atoms with Crippen molar-refractivity contribution in [3.63, 3.8) is 0 Å². The number of rotatable bonds is 3. The molecule has 3 rings (SSSR count). The standard InChI is InChI=1S/C18H15ClN2O3/c1-11(12-7-5-6-10-15(12)19)24-18(23)16-13-8-3-4-9-14(13)17(22)21(2)20-16/h3-11H,1-2H3/t11-/m1/s1. The van der Waals surface area contributed by atoms with Gasteiger partial charge in [0.2, 0.25) is 0 Å². The maximum Gasteiger partial charge on any atom is 0.360 e. The number of aromatic nitrogens is 2. The van der Waals surface area contributed by atoms with Gasteiger partial charge in [-0.3, -0.25) is 4.79 Å². The summed E-state index contributed by atoms with van der Waals surface area (Å²) in [6.45, 7) is 1.74. The third kappa shape index (κ3) is 2.90. The minimum Gasteiger partial charge on any atom is -0.453 e. The first-order valence-electron chi connectivity index (χ1n) is 7.40. The van der Waals surface area contributed by atoms with E-state index >= 15 is 0 Å². The van der Waals surface area contributed by atoms with Gasteiger partial charge in [0.05, 0.1) is 5.39 Å². The number of nitrogens with zero attached hydrogens (tertiary/aromatic N) is 2. The van der Waals surface area contributed by atoms with Crippen molar-refractivity contribution in [3.8, 4) is 0 Å². The lowest BCUT2D eigenvalue weighted by molar-refractivity contribution is 0.0331. The van der Waals surface area contributed by atoms with E-state index in [1.54, 1.807) is 43.3 Å². The van der Waals surface area contributed by atoms with Gasteiger partial charge in [-0.2, -0.15) is 5.10 Å². The van der Waals surface area contributed by atoms with E-state index in [4.69, 9.17) is 16.3 Å². The van der Waals surface area contributed by atoms with E-state index in [9.17, 15) is 9.59 Å². The molecule has 0 saturated heterocycles. The van der Waals surface area contributed by atoms with Gasteiger partial charge < -0.3 is 4.74 Å². The van der Waals surface area contributed by atoms with Crippen LogP contribution in [0.5, 0.6) is 0 Å².